The van der Waals surface area contributed by atoms with Gasteiger partial charge in [0, 0.05) is 11.6 Å². The third-order valence-electron chi connectivity index (χ3n) is 2.66. The lowest BCUT2D eigenvalue weighted by Gasteiger charge is -2.16. The number of para-hydroxylation sites is 1. The van der Waals surface area contributed by atoms with Crippen molar-refractivity contribution in [1.29, 1.82) is 0 Å². The van der Waals surface area contributed by atoms with Crippen LogP contribution in [0.3, 0.4) is 0 Å². The summed E-state index contributed by atoms with van der Waals surface area (Å²) in [7, 11) is 0. The minimum atomic E-state index is 0.125. The van der Waals surface area contributed by atoms with Crippen LogP contribution in [-0.2, 0) is 4.79 Å². The lowest BCUT2D eigenvalue weighted by Crippen LogP contribution is -2.23. The van der Waals surface area contributed by atoms with Crippen LogP contribution in [-0.4, -0.2) is 5.91 Å². The fraction of sp³-hybridized carbons (Fsp3) is 0.500. The number of carbonyl (C=O) groups is 1. The average molecular weight is 219 g/mol. The number of carbonyl (C=O) groups excluding carboxylic acids is 1. The molecule has 0 aromatic heterocycles. The summed E-state index contributed by atoms with van der Waals surface area (Å²) >= 11 is 0. The van der Waals surface area contributed by atoms with Crippen LogP contribution < -0.4 is 5.32 Å². The first-order valence-corrected chi connectivity index (χ1v) is 5.99. The van der Waals surface area contributed by atoms with Crippen molar-refractivity contribution in [1.82, 2.24) is 0 Å². The lowest BCUT2D eigenvalue weighted by atomic mass is 9.94. The van der Waals surface area contributed by atoms with E-state index in [0.717, 1.165) is 18.5 Å². The van der Waals surface area contributed by atoms with Gasteiger partial charge in [0.05, 0.1) is 0 Å². The van der Waals surface area contributed by atoms with Crippen LogP contribution in [0.1, 0.15) is 33.6 Å². The van der Waals surface area contributed by atoms with E-state index in [9.17, 15) is 4.79 Å². The number of benzene rings is 1. The normalized spacial score (nSPS) is 12.5. The van der Waals surface area contributed by atoms with E-state index < -0.39 is 0 Å². The molecule has 0 spiro atoms. The van der Waals surface area contributed by atoms with Crippen molar-refractivity contribution in [2.45, 2.75) is 33.6 Å². The molecule has 0 saturated heterocycles. The van der Waals surface area contributed by atoms with Crippen LogP contribution in [0.2, 0.25) is 0 Å². The van der Waals surface area contributed by atoms with Gasteiger partial charge < -0.3 is 5.32 Å². The Morgan fingerprint density at radius 2 is 1.88 bits per heavy atom. The molecule has 1 unspecified atom stereocenters. The molecule has 0 aliphatic carbocycles. The van der Waals surface area contributed by atoms with E-state index in [-0.39, 0.29) is 11.8 Å². The molecule has 0 saturated carbocycles. The molecule has 0 heterocycles. The van der Waals surface area contributed by atoms with Gasteiger partial charge in [-0.2, -0.15) is 0 Å². The maximum absolute atomic E-state index is 12.0. The first kappa shape index (κ1) is 12.8. The summed E-state index contributed by atoms with van der Waals surface area (Å²) in [6, 6.07) is 9.64. The predicted octanol–water partition coefficient (Wildman–Crippen LogP) is 3.70. The Kier molecular flexibility index (Phi) is 5.03. The first-order chi connectivity index (χ1) is 7.63. The van der Waals surface area contributed by atoms with Crippen molar-refractivity contribution in [3.8, 4) is 0 Å². The largest absolute Gasteiger partial charge is 0.326 e. The Balaban J connectivity index is 2.56. The summed E-state index contributed by atoms with van der Waals surface area (Å²) in [6.07, 6.45) is 1.85. The van der Waals surface area contributed by atoms with E-state index in [4.69, 9.17) is 0 Å². The molecule has 16 heavy (non-hydrogen) atoms. The maximum Gasteiger partial charge on any atom is 0.227 e. The van der Waals surface area contributed by atoms with Gasteiger partial charge in [0.1, 0.15) is 0 Å². The van der Waals surface area contributed by atoms with Gasteiger partial charge in [0.25, 0.3) is 0 Å². The molecule has 2 heteroatoms. The van der Waals surface area contributed by atoms with Gasteiger partial charge in [-0.15, -0.1) is 0 Å². The third-order valence-corrected chi connectivity index (χ3v) is 2.66. The molecule has 0 fully saturated rings. The number of hydrogen-bond acceptors (Lipinski definition) is 1. The number of anilines is 1. The quantitative estimate of drug-likeness (QED) is 0.803. The molecule has 1 atom stereocenters. The van der Waals surface area contributed by atoms with Crippen LogP contribution in [0, 0.1) is 11.8 Å². The summed E-state index contributed by atoms with van der Waals surface area (Å²) in [5.74, 6) is 0.828. The summed E-state index contributed by atoms with van der Waals surface area (Å²) in [4.78, 5) is 12.0. The highest BCUT2D eigenvalue weighted by molar-refractivity contribution is 5.92. The highest BCUT2D eigenvalue weighted by atomic mass is 16.1. The monoisotopic (exact) mass is 219 g/mol. The van der Waals surface area contributed by atoms with E-state index in [1.54, 1.807) is 0 Å². The van der Waals surface area contributed by atoms with E-state index in [1.165, 1.54) is 0 Å². The van der Waals surface area contributed by atoms with Crippen molar-refractivity contribution < 1.29 is 4.79 Å². The van der Waals surface area contributed by atoms with E-state index in [2.05, 4.69) is 26.1 Å². The number of rotatable bonds is 5. The summed E-state index contributed by atoms with van der Waals surface area (Å²) in [5.41, 5.74) is 0.884. The van der Waals surface area contributed by atoms with Crippen molar-refractivity contribution in [3.63, 3.8) is 0 Å². The zero-order valence-electron chi connectivity index (χ0n) is 10.4. The Labute approximate surface area is 98.1 Å². The Morgan fingerprint density at radius 3 is 2.38 bits per heavy atom. The highest BCUT2D eigenvalue weighted by Crippen LogP contribution is 2.17. The van der Waals surface area contributed by atoms with Crippen LogP contribution >= 0.6 is 0 Å². The van der Waals surface area contributed by atoms with Crippen LogP contribution in [0.4, 0.5) is 5.69 Å². The molecule has 88 valence electrons. The molecule has 0 aliphatic heterocycles. The maximum atomic E-state index is 12.0. The van der Waals surface area contributed by atoms with Gasteiger partial charge in [-0.05, 0) is 30.9 Å². The van der Waals surface area contributed by atoms with Gasteiger partial charge in [-0.3, -0.25) is 4.79 Å². The number of amides is 1. The molecule has 1 N–H and O–H groups in total. The zero-order chi connectivity index (χ0) is 12.0. The van der Waals surface area contributed by atoms with Crippen LogP contribution in [0.25, 0.3) is 0 Å². The lowest BCUT2D eigenvalue weighted by molar-refractivity contribution is -0.120. The second kappa shape index (κ2) is 6.31. The standard InChI is InChI=1S/C14H21NO/c1-4-12(10-11(2)3)14(16)15-13-8-6-5-7-9-13/h5-9,11-12H,4,10H2,1-3H3,(H,15,16). The fourth-order valence-electron chi connectivity index (χ4n) is 1.79. The second-order valence-electron chi connectivity index (χ2n) is 4.59. The number of nitrogens with one attached hydrogen (secondary N) is 1. The fourth-order valence-corrected chi connectivity index (χ4v) is 1.79. The Morgan fingerprint density at radius 1 is 1.25 bits per heavy atom. The molecule has 1 aromatic carbocycles. The molecule has 0 aliphatic rings. The van der Waals surface area contributed by atoms with Gasteiger partial charge in [-0.1, -0.05) is 39.0 Å². The molecule has 1 rings (SSSR count). The Bertz CT molecular complexity index is 319. The topological polar surface area (TPSA) is 29.1 Å². The molecular weight excluding hydrogens is 198 g/mol. The van der Waals surface area contributed by atoms with Crippen molar-refractivity contribution >= 4 is 11.6 Å². The molecular formula is C14H21NO. The SMILES string of the molecule is CCC(CC(C)C)C(=O)Nc1ccccc1. The van der Waals surface area contributed by atoms with E-state index in [1.807, 2.05) is 30.3 Å². The van der Waals surface area contributed by atoms with E-state index in [0.29, 0.717) is 5.92 Å². The highest BCUT2D eigenvalue weighted by Gasteiger charge is 2.17. The van der Waals surface area contributed by atoms with Gasteiger partial charge in [-0.25, -0.2) is 0 Å². The van der Waals surface area contributed by atoms with Gasteiger partial charge in [0.2, 0.25) is 5.91 Å². The zero-order valence-corrected chi connectivity index (χ0v) is 10.4. The van der Waals surface area contributed by atoms with Crippen molar-refractivity contribution in [2.24, 2.45) is 11.8 Å². The van der Waals surface area contributed by atoms with Crippen molar-refractivity contribution in [2.75, 3.05) is 5.32 Å². The third kappa shape index (κ3) is 4.05. The molecule has 0 bridgehead atoms. The van der Waals surface area contributed by atoms with Crippen LogP contribution in [0.15, 0.2) is 30.3 Å². The summed E-state index contributed by atoms with van der Waals surface area (Å²) in [6.45, 7) is 6.37. The molecule has 0 radical (unpaired) electrons. The molecule has 1 aromatic rings. The minimum absolute atomic E-state index is 0.125. The number of hydrogen-bond donors (Lipinski definition) is 1. The first-order valence-electron chi connectivity index (χ1n) is 5.99. The van der Waals surface area contributed by atoms with Gasteiger partial charge in [0.15, 0.2) is 0 Å². The predicted molar refractivity (Wildman–Crippen MR) is 68.3 cm³/mol. The van der Waals surface area contributed by atoms with E-state index >= 15 is 0 Å². The summed E-state index contributed by atoms with van der Waals surface area (Å²) < 4.78 is 0. The van der Waals surface area contributed by atoms with Crippen LogP contribution in [0.5, 0.6) is 0 Å². The average Bonchev–Trinajstić information content (AvgIpc) is 2.26. The van der Waals surface area contributed by atoms with Gasteiger partial charge >= 0.3 is 0 Å². The Hall–Kier alpha value is -1.31. The molecule has 2 nitrogen and oxygen atoms in total. The molecule has 1 amide bonds. The smallest absolute Gasteiger partial charge is 0.227 e. The summed E-state index contributed by atoms with van der Waals surface area (Å²) in [5, 5.41) is 2.96. The minimum Gasteiger partial charge on any atom is -0.326 e. The van der Waals surface area contributed by atoms with Crippen molar-refractivity contribution in [3.05, 3.63) is 30.3 Å². The second-order valence-corrected chi connectivity index (χ2v) is 4.59.